The first-order valence-corrected chi connectivity index (χ1v) is 4.66. The van der Waals surface area contributed by atoms with Crippen LogP contribution in [-0.2, 0) is 14.2 Å². The fourth-order valence-electron chi connectivity index (χ4n) is 1.26. The first-order chi connectivity index (χ1) is 6.24. The van der Waals surface area contributed by atoms with Crippen molar-refractivity contribution in [3.63, 3.8) is 0 Å². The van der Waals surface area contributed by atoms with E-state index in [1.165, 1.54) is 0 Å². The van der Waals surface area contributed by atoms with Crippen LogP contribution in [0.15, 0.2) is 0 Å². The summed E-state index contributed by atoms with van der Waals surface area (Å²) >= 11 is 0. The zero-order chi connectivity index (χ0) is 9.68. The summed E-state index contributed by atoms with van der Waals surface area (Å²) in [6.07, 6.45) is -0.0490. The third kappa shape index (κ3) is 3.60. The van der Waals surface area contributed by atoms with Crippen molar-refractivity contribution in [2.45, 2.75) is 19.3 Å². The predicted octanol–water partition coefficient (Wildman–Crippen LogP) is 0.326. The summed E-state index contributed by atoms with van der Waals surface area (Å²) in [4.78, 5) is 2.20. The van der Waals surface area contributed by atoms with Gasteiger partial charge in [-0.15, -0.1) is 0 Å². The van der Waals surface area contributed by atoms with E-state index in [9.17, 15) is 0 Å². The summed E-state index contributed by atoms with van der Waals surface area (Å²) in [5.41, 5.74) is 0. The van der Waals surface area contributed by atoms with Crippen molar-refractivity contribution in [2.75, 3.05) is 40.5 Å². The highest BCUT2D eigenvalue weighted by Gasteiger charge is 2.22. The minimum Gasteiger partial charge on any atom is -0.383 e. The second kappa shape index (κ2) is 5.54. The molecule has 0 spiro atoms. The van der Waals surface area contributed by atoms with Gasteiger partial charge in [0.05, 0.1) is 25.9 Å². The van der Waals surface area contributed by atoms with Crippen molar-refractivity contribution in [1.29, 1.82) is 0 Å². The number of hydrogen-bond donors (Lipinski definition) is 0. The molecule has 0 radical (unpaired) electrons. The maximum atomic E-state index is 5.39. The van der Waals surface area contributed by atoms with E-state index in [4.69, 9.17) is 14.2 Å². The van der Waals surface area contributed by atoms with E-state index in [0.29, 0.717) is 6.04 Å². The molecule has 0 bridgehead atoms. The first-order valence-electron chi connectivity index (χ1n) is 4.66. The molecule has 1 rings (SSSR count). The molecule has 0 atom stereocenters. The van der Waals surface area contributed by atoms with Gasteiger partial charge in [0, 0.05) is 13.7 Å². The number of rotatable bonds is 4. The smallest absolute Gasteiger partial charge is 0.154 e. The zero-order valence-electron chi connectivity index (χ0n) is 8.66. The lowest BCUT2D eigenvalue weighted by Crippen LogP contribution is -2.45. The van der Waals surface area contributed by atoms with Gasteiger partial charge in [-0.1, -0.05) is 0 Å². The molecule has 1 fully saturated rings. The maximum absolute atomic E-state index is 5.39. The highest BCUT2D eigenvalue weighted by atomic mass is 16.7. The van der Waals surface area contributed by atoms with E-state index in [2.05, 4.69) is 11.9 Å². The van der Waals surface area contributed by atoms with Gasteiger partial charge in [0.25, 0.3) is 0 Å². The standard InChI is InChI=1S/C9H19NO3/c1-8-12-6-9(7-13-8)10(2)4-5-11-3/h8-9H,4-7H2,1-3H3. The molecule has 4 heteroatoms. The molecule has 4 nitrogen and oxygen atoms in total. The molecule has 1 heterocycles. The predicted molar refractivity (Wildman–Crippen MR) is 49.7 cm³/mol. The Morgan fingerprint density at radius 3 is 2.54 bits per heavy atom. The molecule has 0 aliphatic carbocycles. The molecular formula is C9H19NO3. The van der Waals surface area contributed by atoms with E-state index in [1.54, 1.807) is 7.11 Å². The summed E-state index contributed by atoms with van der Waals surface area (Å²) < 4.78 is 15.8. The normalized spacial score (nSPS) is 29.5. The fraction of sp³-hybridized carbons (Fsp3) is 1.00. The van der Waals surface area contributed by atoms with Gasteiger partial charge in [-0.25, -0.2) is 0 Å². The number of ether oxygens (including phenoxy) is 3. The van der Waals surface area contributed by atoms with Crippen LogP contribution >= 0.6 is 0 Å². The van der Waals surface area contributed by atoms with Gasteiger partial charge >= 0.3 is 0 Å². The number of methoxy groups -OCH3 is 1. The average Bonchev–Trinajstić information content (AvgIpc) is 2.15. The highest BCUT2D eigenvalue weighted by molar-refractivity contribution is 4.70. The molecule has 0 saturated carbocycles. The Morgan fingerprint density at radius 1 is 1.38 bits per heavy atom. The van der Waals surface area contributed by atoms with Crippen LogP contribution in [-0.4, -0.2) is 57.8 Å². The number of nitrogens with zero attached hydrogens (tertiary/aromatic N) is 1. The molecule has 1 saturated heterocycles. The van der Waals surface area contributed by atoms with E-state index >= 15 is 0 Å². The Kier molecular flexibility index (Phi) is 4.66. The maximum Gasteiger partial charge on any atom is 0.154 e. The van der Waals surface area contributed by atoms with E-state index in [-0.39, 0.29) is 6.29 Å². The summed E-state index contributed by atoms with van der Waals surface area (Å²) in [7, 11) is 3.77. The van der Waals surface area contributed by atoms with Crippen LogP contribution in [0.1, 0.15) is 6.92 Å². The second-order valence-corrected chi connectivity index (χ2v) is 3.36. The van der Waals surface area contributed by atoms with Crippen LogP contribution in [0.3, 0.4) is 0 Å². The molecule has 0 aromatic rings. The molecule has 13 heavy (non-hydrogen) atoms. The lowest BCUT2D eigenvalue weighted by molar-refractivity contribution is -0.193. The van der Waals surface area contributed by atoms with Crippen molar-refractivity contribution in [2.24, 2.45) is 0 Å². The van der Waals surface area contributed by atoms with E-state index in [1.807, 2.05) is 6.92 Å². The topological polar surface area (TPSA) is 30.9 Å². The van der Waals surface area contributed by atoms with Crippen LogP contribution in [0, 0.1) is 0 Å². The van der Waals surface area contributed by atoms with Crippen molar-refractivity contribution < 1.29 is 14.2 Å². The molecule has 0 N–H and O–H groups in total. The van der Waals surface area contributed by atoms with Crippen LogP contribution in [0.2, 0.25) is 0 Å². The van der Waals surface area contributed by atoms with Crippen LogP contribution < -0.4 is 0 Å². The lowest BCUT2D eigenvalue weighted by atomic mass is 10.3. The average molecular weight is 189 g/mol. The SMILES string of the molecule is COCCN(C)C1COC(C)OC1. The quantitative estimate of drug-likeness (QED) is 0.637. The number of likely N-dealkylation sites (N-methyl/N-ethyl adjacent to an activating group) is 1. The monoisotopic (exact) mass is 189 g/mol. The van der Waals surface area contributed by atoms with Gasteiger partial charge in [0.1, 0.15) is 0 Å². The van der Waals surface area contributed by atoms with Gasteiger partial charge in [-0.3, -0.25) is 4.90 Å². The largest absolute Gasteiger partial charge is 0.383 e. The minimum absolute atomic E-state index is 0.0490. The Bertz CT molecular complexity index is 135. The third-order valence-electron chi connectivity index (χ3n) is 2.32. The molecule has 0 aromatic heterocycles. The second-order valence-electron chi connectivity index (χ2n) is 3.36. The Hall–Kier alpha value is -0.160. The summed E-state index contributed by atoms with van der Waals surface area (Å²) in [5, 5.41) is 0. The summed E-state index contributed by atoms with van der Waals surface area (Å²) in [6, 6.07) is 0.367. The van der Waals surface area contributed by atoms with E-state index < -0.39 is 0 Å². The van der Waals surface area contributed by atoms with Gasteiger partial charge in [0.15, 0.2) is 6.29 Å². The fourth-order valence-corrected chi connectivity index (χ4v) is 1.26. The molecule has 0 amide bonds. The van der Waals surface area contributed by atoms with Gasteiger partial charge in [-0.2, -0.15) is 0 Å². The number of hydrogen-bond acceptors (Lipinski definition) is 4. The molecular weight excluding hydrogens is 170 g/mol. The van der Waals surface area contributed by atoms with Crippen LogP contribution in [0.5, 0.6) is 0 Å². The summed E-state index contributed by atoms with van der Waals surface area (Å²) in [5.74, 6) is 0. The van der Waals surface area contributed by atoms with E-state index in [0.717, 1.165) is 26.4 Å². The third-order valence-corrected chi connectivity index (χ3v) is 2.32. The zero-order valence-corrected chi connectivity index (χ0v) is 8.66. The first kappa shape index (κ1) is 10.9. The van der Waals surface area contributed by atoms with Crippen molar-refractivity contribution >= 4 is 0 Å². The van der Waals surface area contributed by atoms with Gasteiger partial charge in [0.2, 0.25) is 0 Å². The highest BCUT2D eigenvalue weighted by Crippen LogP contribution is 2.08. The summed E-state index contributed by atoms with van der Waals surface area (Å²) in [6.45, 7) is 5.10. The Labute approximate surface area is 79.8 Å². The molecule has 1 aliphatic rings. The molecule has 1 aliphatic heterocycles. The molecule has 0 unspecified atom stereocenters. The lowest BCUT2D eigenvalue weighted by Gasteiger charge is -2.33. The van der Waals surface area contributed by atoms with Crippen LogP contribution in [0.4, 0.5) is 0 Å². The Balaban J connectivity index is 2.19. The van der Waals surface area contributed by atoms with Crippen molar-refractivity contribution in [1.82, 2.24) is 4.90 Å². The minimum atomic E-state index is -0.0490. The Morgan fingerprint density at radius 2 is 2.00 bits per heavy atom. The van der Waals surface area contributed by atoms with Crippen molar-refractivity contribution in [3.8, 4) is 0 Å². The molecule has 78 valence electrons. The van der Waals surface area contributed by atoms with Gasteiger partial charge in [-0.05, 0) is 14.0 Å². The van der Waals surface area contributed by atoms with Crippen LogP contribution in [0.25, 0.3) is 0 Å². The molecule has 0 aromatic carbocycles. The van der Waals surface area contributed by atoms with Crippen molar-refractivity contribution in [3.05, 3.63) is 0 Å². The van der Waals surface area contributed by atoms with Gasteiger partial charge < -0.3 is 14.2 Å².